The third-order valence-corrected chi connectivity index (χ3v) is 7.58. The molecule has 4 heterocycles. The van der Waals surface area contributed by atoms with Gasteiger partial charge in [0.25, 0.3) is 0 Å². The van der Waals surface area contributed by atoms with Gasteiger partial charge in [-0.05, 0) is 18.2 Å². The van der Waals surface area contributed by atoms with E-state index in [1.807, 2.05) is 0 Å². The lowest BCUT2D eigenvalue weighted by atomic mass is 9.84. The van der Waals surface area contributed by atoms with Crippen molar-refractivity contribution in [1.82, 2.24) is 14.9 Å². The maximum atomic E-state index is 13.7. The van der Waals surface area contributed by atoms with Gasteiger partial charge in [0.1, 0.15) is 17.6 Å². The second kappa shape index (κ2) is 9.81. The molecule has 3 aliphatic rings. The molecule has 13 heteroatoms. The number of hydrogen-bond donors (Lipinski definition) is 2. The summed E-state index contributed by atoms with van der Waals surface area (Å²) < 4.78 is 38.8. The highest BCUT2D eigenvalue weighted by Crippen LogP contribution is 2.48. The number of pyridine rings is 2. The van der Waals surface area contributed by atoms with E-state index in [9.17, 15) is 32.7 Å². The lowest BCUT2D eigenvalue weighted by molar-refractivity contribution is -0.140. The van der Waals surface area contributed by atoms with Crippen LogP contribution in [-0.4, -0.2) is 56.4 Å². The number of ketones is 1. The zero-order valence-electron chi connectivity index (χ0n) is 20.9. The van der Waals surface area contributed by atoms with Crippen LogP contribution in [0.15, 0.2) is 71.5 Å². The standard InChI is InChI=1S/C28H19ClF3N5O4/c29-16-11-13(28(30,31)32)12-35-25(16)34-9-10-37-26(40)18-19(27(37)41)22(36-21(18)17-7-3-4-8-33-17)20-23(38)14-5-1-2-6-15(14)24(20)39/h1-8,11-12,18-19,21,38H,9-10H2,(H,34,35)/t18-,19-,21-/m0/s1. The Morgan fingerprint density at radius 3 is 2.39 bits per heavy atom. The number of imide groups is 1. The number of carbonyl (C=O) groups excluding carboxylic acids is 3. The van der Waals surface area contributed by atoms with Gasteiger partial charge in [0.15, 0.2) is 5.78 Å². The fourth-order valence-electron chi connectivity index (χ4n) is 5.42. The second-order valence-electron chi connectivity index (χ2n) is 9.62. The minimum absolute atomic E-state index is 0.0191. The van der Waals surface area contributed by atoms with Crippen LogP contribution in [0.2, 0.25) is 5.02 Å². The van der Waals surface area contributed by atoms with Crippen LogP contribution in [0.25, 0.3) is 5.76 Å². The number of allylic oxidation sites excluding steroid dienone is 1. The van der Waals surface area contributed by atoms with Gasteiger partial charge in [-0.2, -0.15) is 13.2 Å². The van der Waals surface area contributed by atoms with E-state index in [4.69, 9.17) is 11.6 Å². The first-order valence-electron chi connectivity index (χ1n) is 12.5. The molecule has 208 valence electrons. The summed E-state index contributed by atoms with van der Waals surface area (Å²) in [4.78, 5) is 54.3. The molecule has 1 aromatic carbocycles. The van der Waals surface area contributed by atoms with Crippen molar-refractivity contribution in [3.8, 4) is 0 Å². The van der Waals surface area contributed by atoms with Crippen LogP contribution < -0.4 is 5.32 Å². The van der Waals surface area contributed by atoms with Crippen molar-refractivity contribution in [3.05, 3.63) is 93.9 Å². The van der Waals surface area contributed by atoms with Crippen molar-refractivity contribution in [2.45, 2.75) is 12.2 Å². The van der Waals surface area contributed by atoms with Crippen LogP contribution in [0, 0.1) is 11.8 Å². The summed E-state index contributed by atoms with van der Waals surface area (Å²) in [5.74, 6) is -4.17. The molecule has 41 heavy (non-hydrogen) atoms. The largest absolute Gasteiger partial charge is 0.506 e. The van der Waals surface area contributed by atoms with Gasteiger partial charge in [-0.3, -0.25) is 29.3 Å². The van der Waals surface area contributed by atoms with Crippen LogP contribution in [0.4, 0.5) is 19.0 Å². The molecular weight excluding hydrogens is 563 g/mol. The Balaban J connectivity index is 1.29. The fraction of sp³-hybridized carbons (Fsp3) is 0.214. The fourth-order valence-corrected chi connectivity index (χ4v) is 5.65. The zero-order valence-corrected chi connectivity index (χ0v) is 21.6. The number of nitrogens with one attached hydrogen (secondary N) is 1. The van der Waals surface area contributed by atoms with Gasteiger partial charge in [0.2, 0.25) is 11.8 Å². The van der Waals surface area contributed by atoms with E-state index in [1.165, 1.54) is 6.20 Å². The first-order chi connectivity index (χ1) is 19.6. The molecular formula is C28H19ClF3N5O4. The van der Waals surface area contributed by atoms with Crippen molar-refractivity contribution in [3.63, 3.8) is 0 Å². The maximum absolute atomic E-state index is 13.7. The Hall–Kier alpha value is -4.58. The summed E-state index contributed by atoms with van der Waals surface area (Å²) in [6, 6.07) is 11.4. The second-order valence-corrected chi connectivity index (χ2v) is 10.0. The lowest BCUT2D eigenvalue weighted by Gasteiger charge is -2.18. The highest BCUT2D eigenvalue weighted by atomic mass is 35.5. The third-order valence-electron chi connectivity index (χ3n) is 7.29. The van der Waals surface area contributed by atoms with Gasteiger partial charge in [0.05, 0.1) is 39.4 Å². The van der Waals surface area contributed by atoms with Crippen molar-refractivity contribution in [2.24, 2.45) is 16.8 Å². The van der Waals surface area contributed by atoms with Crippen LogP contribution in [0.5, 0.6) is 0 Å². The van der Waals surface area contributed by atoms with Crippen molar-refractivity contribution in [1.29, 1.82) is 0 Å². The van der Waals surface area contributed by atoms with E-state index in [0.29, 0.717) is 17.5 Å². The van der Waals surface area contributed by atoms with Crippen molar-refractivity contribution in [2.75, 3.05) is 18.4 Å². The third kappa shape index (κ3) is 4.34. The molecule has 3 atom stereocenters. The molecule has 2 N–H and O–H groups in total. The van der Waals surface area contributed by atoms with E-state index in [0.717, 1.165) is 11.0 Å². The number of Topliss-reactive ketones (excluding diaryl/α,β-unsaturated/α-hetero) is 1. The number of aromatic nitrogens is 2. The Morgan fingerprint density at radius 2 is 1.73 bits per heavy atom. The van der Waals surface area contributed by atoms with Crippen molar-refractivity contribution < 1.29 is 32.7 Å². The van der Waals surface area contributed by atoms with Crippen LogP contribution in [0.3, 0.4) is 0 Å². The number of amides is 2. The highest BCUT2D eigenvalue weighted by Gasteiger charge is 2.59. The normalized spacial score (nSPS) is 21.9. The van der Waals surface area contributed by atoms with Gasteiger partial charge >= 0.3 is 6.18 Å². The van der Waals surface area contributed by atoms with E-state index < -0.39 is 47.2 Å². The molecule has 0 spiro atoms. The lowest BCUT2D eigenvalue weighted by Crippen LogP contribution is -2.37. The molecule has 3 aromatic rings. The number of halogens is 4. The van der Waals surface area contributed by atoms with Crippen LogP contribution in [0.1, 0.15) is 33.2 Å². The Bertz CT molecular complexity index is 1670. The number of likely N-dealkylation sites (tertiary alicyclic amines) is 1. The number of nitrogens with zero attached hydrogens (tertiary/aromatic N) is 4. The molecule has 1 fully saturated rings. The average Bonchev–Trinajstić information content (AvgIpc) is 3.54. The van der Waals surface area contributed by atoms with E-state index in [2.05, 4.69) is 20.3 Å². The molecule has 0 bridgehead atoms. The Morgan fingerprint density at radius 1 is 1.00 bits per heavy atom. The first kappa shape index (κ1) is 26.6. The molecule has 2 aliphatic heterocycles. The molecule has 0 unspecified atom stereocenters. The first-order valence-corrected chi connectivity index (χ1v) is 12.8. The smallest absolute Gasteiger partial charge is 0.417 e. The summed E-state index contributed by atoms with van der Waals surface area (Å²) >= 11 is 5.95. The number of fused-ring (bicyclic) bond motifs is 2. The molecule has 9 nitrogen and oxygen atoms in total. The number of hydrogen-bond acceptors (Lipinski definition) is 8. The van der Waals surface area contributed by atoms with E-state index in [-0.39, 0.29) is 46.5 Å². The monoisotopic (exact) mass is 581 g/mol. The molecule has 2 amide bonds. The number of carbonyl (C=O) groups is 3. The van der Waals surface area contributed by atoms with Gasteiger partial charge in [0, 0.05) is 36.6 Å². The molecule has 1 aliphatic carbocycles. The van der Waals surface area contributed by atoms with Gasteiger partial charge < -0.3 is 10.4 Å². The summed E-state index contributed by atoms with van der Waals surface area (Å²) in [6.45, 7) is -0.223. The number of alkyl halides is 3. The minimum atomic E-state index is -4.61. The molecule has 2 aromatic heterocycles. The number of anilines is 1. The number of aliphatic hydroxyl groups is 1. The summed E-state index contributed by atoms with van der Waals surface area (Å²) in [7, 11) is 0. The Kier molecular flexibility index (Phi) is 6.37. The van der Waals surface area contributed by atoms with Crippen LogP contribution >= 0.6 is 11.6 Å². The van der Waals surface area contributed by atoms with Gasteiger partial charge in [-0.25, -0.2) is 4.98 Å². The number of aliphatic imine (C=N–C) groups is 1. The highest BCUT2D eigenvalue weighted by molar-refractivity contribution is 6.40. The predicted octanol–water partition coefficient (Wildman–Crippen LogP) is 4.52. The predicted molar refractivity (Wildman–Crippen MR) is 141 cm³/mol. The topological polar surface area (TPSA) is 125 Å². The summed E-state index contributed by atoms with van der Waals surface area (Å²) in [5, 5.41) is 13.5. The minimum Gasteiger partial charge on any atom is -0.506 e. The zero-order chi connectivity index (χ0) is 29.1. The van der Waals surface area contributed by atoms with Crippen molar-refractivity contribution >= 4 is 46.5 Å². The maximum Gasteiger partial charge on any atom is 0.417 e. The van der Waals surface area contributed by atoms with E-state index in [1.54, 1.807) is 42.5 Å². The quantitative estimate of drug-likeness (QED) is 0.410. The molecule has 6 rings (SSSR count). The van der Waals surface area contributed by atoms with Gasteiger partial charge in [-0.1, -0.05) is 41.9 Å². The summed E-state index contributed by atoms with van der Waals surface area (Å²) in [5.41, 5.74) is -0.125. The molecule has 0 saturated carbocycles. The average molecular weight is 582 g/mol. The SMILES string of the molecule is O=C1C(C2=N[C@@H](c3ccccn3)[C@H]3C(=O)N(CCNc4ncc(C(F)(F)F)cc4Cl)C(=O)[C@H]23)=C(O)c2ccccc21. The number of aliphatic hydroxyl groups excluding tert-OH is 1. The number of benzene rings is 1. The van der Waals surface area contributed by atoms with Crippen LogP contribution in [-0.2, 0) is 15.8 Å². The number of rotatable bonds is 6. The Labute approximate surface area is 235 Å². The molecule has 0 radical (unpaired) electrons. The van der Waals surface area contributed by atoms with Gasteiger partial charge in [-0.15, -0.1) is 0 Å². The van der Waals surface area contributed by atoms with E-state index >= 15 is 0 Å². The molecule has 1 saturated heterocycles. The summed E-state index contributed by atoms with van der Waals surface area (Å²) in [6.07, 6.45) is -2.46.